The molecule has 1 unspecified atom stereocenters. The lowest BCUT2D eigenvalue weighted by Gasteiger charge is -2.30. The predicted octanol–water partition coefficient (Wildman–Crippen LogP) is -0.537. The average molecular weight is 353 g/mol. The Balaban J connectivity index is 1.53. The van der Waals surface area contributed by atoms with E-state index in [1.807, 2.05) is 0 Å². The highest BCUT2D eigenvalue weighted by atomic mass is 32.2. The molecule has 0 spiro atoms. The van der Waals surface area contributed by atoms with Crippen molar-refractivity contribution in [1.82, 2.24) is 14.9 Å². The van der Waals surface area contributed by atoms with Crippen LogP contribution in [0.15, 0.2) is 29.2 Å². The summed E-state index contributed by atoms with van der Waals surface area (Å²) < 4.78 is 26.9. The molecule has 2 aliphatic rings. The number of likely N-dealkylation sites (tertiary alicyclic amines) is 1. The predicted molar refractivity (Wildman–Crippen MR) is 88.9 cm³/mol. The van der Waals surface area contributed by atoms with Crippen LogP contribution in [0.4, 0.5) is 0 Å². The molecule has 1 saturated heterocycles. The Morgan fingerprint density at radius 1 is 1.29 bits per heavy atom. The fourth-order valence-corrected chi connectivity index (χ4v) is 4.64. The van der Waals surface area contributed by atoms with Crippen LogP contribution in [0, 0.1) is 0 Å². The minimum Gasteiger partial charge on any atom is -0.393 e. The molecular formula is C16H23N3O4S. The molecule has 0 saturated carbocycles. The molecule has 3 N–H and O–H groups in total. The first-order chi connectivity index (χ1) is 11.5. The van der Waals surface area contributed by atoms with Crippen molar-refractivity contribution in [3.05, 3.63) is 29.8 Å². The molecule has 0 aliphatic carbocycles. The first kappa shape index (κ1) is 17.3. The van der Waals surface area contributed by atoms with Gasteiger partial charge < -0.3 is 15.3 Å². The van der Waals surface area contributed by atoms with E-state index in [1.165, 1.54) is 0 Å². The summed E-state index contributed by atoms with van der Waals surface area (Å²) in [5.41, 5.74) is 0.668. The quantitative estimate of drug-likeness (QED) is 0.675. The van der Waals surface area contributed by atoms with Gasteiger partial charge in [-0.1, -0.05) is 18.2 Å². The molecule has 1 amide bonds. The van der Waals surface area contributed by atoms with Crippen molar-refractivity contribution in [1.29, 1.82) is 0 Å². The fourth-order valence-electron chi connectivity index (χ4n) is 3.20. The zero-order chi connectivity index (χ0) is 17.2. The zero-order valence-corrected chi connectivity index (χ0v) is 14.3. The maximum Gasteiger partial charge on any atom is 0.241 e. The first-order valence-electron chi connectivity index (χ1n) is 8.24. The number of hydrogen-bond donors (Lipinski definition) is 3. The third-order valence-electron chi connectivity index (χ3n) is 4.58. The Hall–Kier alpha value is -1.48. The van der Waals surface area contributed by atoms with E-state index in [0.29, 0.717) is 25.1 Å². The molecule has 3 rings (SSSR count). The van der Waals surface area contributed by atoms with Gasteiger partial charge in [0.2, 0.25) is 15.9 Å². The van der Waals surface area contributed by atoms with Gasteiger partial charge in [0.1, 0.15) is 6.04 Å². The van der Waals surface area contributed by atoms with E-state index in [-0.39, 0.29) is 16.9 Å². The van der Waals surface area contributed by atoms with Crippen molar-refractivity contribution in [2.45, 2.75) is 36.3 Å². The maximum atomic E-state index is 12.3. The van der Waals surface area contributed by atoms with Crippen molar-refractivity contribution in [3.63, 3.8) is 0 Å². The van der Waals surface area contributed by atoms with Gasteiger partial charge in [-0.3, -0.25) is 4.79 Å². The number of hydrogen-bond acceptors (Lipinski definition) is 5. The summed E-state index contributed by atoms with van der Waals surface area (Å²) in [6.45, 7) is 2.81. The van der Waals surface area contributed by atoms with E-state index in [1.54, 1.807) is 24.3 Å². The van der Waals surface area contributed by atoms with Crippen molar-refractivity contribution in [2.75, 3.05) is 26.2 Å². The van der Waals surface area contributed by atoms with Crippen LogP contribution >= 0.6 is 0 Å². The van der Waals surface area contributed by atoms with E-state index in [4.69, 9.17) is 0 Å². The molecule has 24 heavy (non-hydrogen) atoms. The Morgan fingerprint density at radius 3 is 2.75 bits per heavy atom. The van der Waals surface area contributed by atoms with Gasteiger partial charge in [0, 0.05) is 26.2 Å². The molecular weight excluding hydrogens is 330 g/mol. The zero-order valence-electron chi connectivity index (χ0n) is 13.4. The number of aliphatic hydroxyl groups is 1. The van der Waals surface area contributed by atoms with Gasteiger partial charge in [-0.15, -0.1) is 0 Å². The molecule has 7 nitrogen and oxygen atoms in total. The van der Waals surface area contributed by atoms with E-state index < -0.39 is 16.1 Å². The van der Waals surface area contributed by atoms with Gasteiger partial charge >= 0.3 is 0 Å². The number of piperidine rings is 1. The van der Waals surface area contributed by atoms with Gasteiger partial charge in [-0.05, 0) is 30.9 Å². The second-order valence-electron chi connectivity index (χ2n) is 6.35. The summed E-state index contributed by atoms with van der Waals surface area (Å²) in [5.74, 6) is -0.301. The number of rotatable bonds is 4. The molecule has 2 aliphatic heterocycles. The smallest absolute Gasteiger partial charge is 0.241 e. The average Bonchev–Trinajstić information content (AvgIpc) is 2.56. The Kier molecular flexibility index (Phi) is 5.19. The number of carbonyl (C=O) groups is 1. The summed E-state index contributed by atoms with van der Waals surface area (Å²) in [5, 5.41) is 12.3. The highest BCUT2D eigenvalue weighted by molar-refractivity contribution is 7.89. The Bertz CT molecular complexity index is 699. The van der Waals surface area contributed by atoms with Crippen LogP contribution in [0.1, 0.15) is 18.4 Å². The number of aliphatic hydroxyl groups excluding tert-OH is 1. The van der Waals surface area contributed by atoms with Crippen LogP contribution < -0.4 is 10.0 Å². The molecule has 8 heteroatoms. The second kappa shape index (κ2) is 7.18. The maximum absolute atomic E-state index is 12.3. The van der Waals surface area contributed by atoms with Crippen molar-refractivity contribution >= 4 is 15.9 Å². The molecule has 0 aromatic heterocycles. The molecule has 1 atom stereocenters. The fraction of sp³-hybridized carbons (Fsp3) is 0.562. The molecule has 132 valence electrons. The first-order valence-corrected chi connectivity index (χ1v) is 9.72. The van der Waals surface area contributed by atoms with E-state index in [9.17, 15) is 18.3 Å². The monoisotopic (exact) mass is 353 g/mol. The van der Waals surface area contributed by atoms with Gasteiger partial charge in [0.05, 0.1) is 11.0 Å². The van der Waals surface area contributed by atoms with Crippen molar-refractivity contribution in [3.8, 4) is 0 Å². The molecule has 0 radical (unpaired) electrons. The number of amides is 1. The van der Waals surface area contributed by atoms with E-state index in [2.05, 4.69) is 14.9 Å². The SMILES string of the molecule is O=C(NCCN1CCC(O)CC1)C1Cc2ccccc2S(=O)(=O)N1. The second-order valence-corrected chi connectivity index (χ2v) is 8.03. The summed E-state index contributed by atoms with van der Waals surface area (Å²) in [6.07, 6.45) is 1.66. The molecule has 2 heterocycles. The largest absolute Gasteiger partial charge is 0.393 e. The van der Waals surface area contributed by atoms with Gasteiger partial charge in [0.15, 0.2) is 0 Å². The van der Waals surface area contributed by atoms with Crippen molar-refractivity contribution < 1.29 is 18.3 Å². The summed E-state index contributed by atoms with van der Waals surface area (Å²) in [6, 6.07) is 5.98. The van der Waals surface area contributed by atoms with Gasteiger partial charge in [0.25, 0.3) is 0 Å². The van der Waals surface area contributed by atoms with Crippen LogP contribution in [0.25, 0.3) is 0 Å². The van der Waals surface area contributed by atoms with Crippen LogP contribution in [0.2, 0.25) is 0 Å². The molecule has 1 aromatic carbocycles. The normalized spacial score (nSPS) is 24.3. The Morgan fingerprint density at radius 2 is 2.00 bits per heavy atom. The third kappa shape index (κ3) is 3.94. The number of benzene rings is 1. The van der Waals surface area contributed by atoms with Crippen LogP contribution in [-0.4, -0.2) is 62.7 Å². The summed E-state index contributed by atoms with van der Waals surface area (Å²) in [4.78, 5) is 14.7. The number of fused-ring (bicyclic) bond motifs is 1. The standard InChI is InChI=1S/C16H23N3O4S/c20-13-5-8-19(9-6-13)10-7-17-16(21)14-11-12-3-1-2-4-15(12)24(22,23)18-14/h1-4,13-14,18,20H,5-11H2,(H,17,21). The minimum atomic E-state index is -3.64. The summed E-state index contributed by atoms with van der Waals surface area (Å²) in [7, 11) is -3.64. The number of carbonyl (C=O) groups excluding carboxylic acids is 1. The van der Waals surface area contributed by atoms with Crippen molar-refractivity contribution in [2.24, 2.45) is 0 Å². The lowest BCUT2D eigenvalue weighted by atomic mass is 10.1. The molecule has 1 aromatic rings. The van der Waals surface area contributed by atoms with Crippen LogP contribution in [0.3, 0.4) is 0 Å². The lowest BCUT2D eigenvalue weighted by Crippen LogP contribution is -2.51. The van der Waals surface area contributed by atoms with Gasteiger partial charge in [-0.25, -0.2) is 8.42 Å². The van der Waals surface area contributed by atoms with E-state index >= 15 is 0 Å². The third-order valence-corrected chi connectivity index (χ3v) is 6.16. The number of sulfonamides is 1. The van der Waals surface area contributed by atoms with Gasteiger partial charge in [-0.2, -0.15) is 4.72 Å². The molecule has 1 fully saturated rings. The summed E-state index contributed by atoms with van der Waals surface area (Å²) >= 11 is 0. The highest BCUT2D eigenvalue weighted by Crippen LogP contribution is 2.22. The number of nitrogens with one attached hydrogen (secondary N) is 2. The Labute approximate surface area is 142 Å². The number of nitrogens with zero attached hydrogens (tertiary/aromatic N) is 1. The molecule has 0 bridgehead atoms. The minimum absolute atomic E-state index is 0.215. The van der Waals surface area contributed by atoms with Crippen LogP contribution in [-0.2, 0) is 21.2 Å². The lowest BCUT2D eigenvalue weighted by molar-refractivity contribution is -0.122. The van der Waals surface area contributed by atoms with E-state index in [0.717, 1.165) is 25.9 Å². The highest BCUT2D eigenvalue weighted by Gasteiger charge is 2.33. The topological polar surface area (TPSA) is 98.7 Å². The van der Waals surface area contributed by atoms with Crippen LogP contribution in [0.5, 0.6) is 0 Å².